The van der Waals surface area contributed by atoms with Crippen LogP contribution in [0.1, 0.15) is 41.1 Å². The van der Waals surface area contributed by atoms with Gasteiger partial charge in [0.05, 0.1) is 11.0 Å². The Balaban J connectivity index is 1.38. The van der Waals surface area contributed by atoms with Crippen LogP contribution in [-0.2, 0) is 11.2 Å². The van der Waals surface area contributed by atoms with Crippen molar-refractivity contribution >= 4 is 16.9 Å². The highest BCUT2D eigenvalue weighted by Crippen LogP contribution is 2.26. The molecule has 1 saturated heterocycles. The van der Waals surface area contributed by atoms with Crippen molar-refractivity contribution in [2.24, 2.45) is 0 Å². The molecule has 9 heteroatoms. The normalized spacial score (nSPS) is 16.8. The first kappa shape index (κ1) is 16.4. The number of nitrogens with zero attached hydrogens (tertiary/aromatic N) is 3. The first-order valence-electron chi connectivity index (χ1n) is 8.42. The fourth-order valence-electron chi connectivity index (χ4n) is 2.83. The lowest BCUT2D eigenvalue weighted by molar-refractivity contribution is 0.0835. The molecular weight excluding hydrogens is 338 g/mol. The number of aromatic nitrogens is 4. The minimum atomic E-state index is -0.542. The summed E-state index contributed by atoms with van der Waals surface area (Å²) in [7, 11) is 0. The molecule has 0 saturated carbocycles. The molecule has 4 rings (SSSR count). The molecule has 2 N–H and O–H groups in total. The van der Waals surface area contributed by atoms with Gasteiger partial charge in [-0.3, -0.25) is 9.59 Å². The summed E-state index contributed by atoms with van der Waals surface area (Å²) in [6.07, 6.45) is 2.10. The van der Waals surface area contributed by atoms with E-state index in [9.17, 15) is 9.59 Å². The number of hydrogen-bond donors (Lipinski definition) is 2. The van der Waals surface area contributed by atoms with Gasteiger partial charge in [0, 0.05) is 19.6 Å². The molecular formula is C17H17N5O4. The molecule has 0 radical (unpaired) electrons. The van der Waals surface area contributed by atoms with Crippen molar-refractivity contribution < 1.29 is 14.1 Å². The SMILES string of the molecule is O=C(NCCc1noc([C@H]2CCCO2)n1)c1nc2ccccc2[nH]c1=O. The predicted molar refractivity (Wildman–Crippen MR) is 90.6 cm³/mol. The highest BCUT2D eigenvalue weighted by molar-refractivity contribution is 5.93. The maximum absolute atomic E-state index is 12.2. The molecule has 0 aliphatic carbocycles. The van der Waals surface area contributed by atoms with Gasteiger partial charge in [0.15, 0.2) is 11.5 Å². The molecule has 0 spiro atoms. The minimum absolute atomic E-state index is 0.133. The lowest BCUT2D eigenvalue weighted by Gasteiger charge is -2.04. The number of fused-ring (bicyclic) bond motifs is 1. The van der Waals surface area contributed by atoms with Crippen LogP contribution in [0, 0.1) is 0 Å². The largest absolute Gasteiger partial charge is 0.368 e. The monoisotopic (exact) mass is 355 g/mol. The maximum Gasteiger partial charge on any atom is 0.280 e. The summed E-state index contributed by atoms with van der Waals surface area (Å²) in [5.41, 5.74) is 0.442. The van der Waals surface area contributed by atoms with E-state index >= 15 is 0 Å². The highest BCUT2D eigenvalue weighted by Gasteiger charge is 2.23. The van der Waals surface area contributed by atoms with E-state index in [1.54, 1.807) is 24.3 Å². The van der Waals surface area contributed by atoms with E-state index in [4.69, 9.17) is 9.26 Å². The van der Waals surface area contributed by atoms with Gasteiger partial charge in [-0.1, -0.05) is 17.3 Å². The molecule has 134 valence electrons. The smallest absolute Gasteiger partial charge is 0.280 e. The minimum Gasteiger partial charge on any atom is -0.368 e. The molecule has 1 aromatic carbocycles. The number of carbonyl (C=O) groups is 1. The van der Waals surface area contributed by atoms with Crippen molar-refractivity contribution in [3.63, 3.8) is 0 Å². The molecule has 1 aliphatic heterocycles. The van der Waals surface area contributed by atoms with Crippen LogP contribution >= 0.6 is 0 Å². The van der Waals surface area contributed by atoms with Gasteiger partial charge in [0.25, 0.3) is 17.4 Å². The third kappa shape index (κ3) is 3.33. The van der Waals surface area contributed by atoms with Gasteiger partial charge < -0.3 is 19.6 Å². The topological polar surface area (TPSA) is 123 Å². The average molecular weight is 355 g/mol. The number of amides is 1. The van der Waals surface area contributed by atoms with Crippen LogP contribution in [-0.4, -0.2) is 39.2 Å². The zero-order valence-electron chi connectivity index (χ0n) is 13.9. The van der Waals surface area contributed by atoms with E-state index in [-0.39, 0.29) is 18.3 Å². The van der Waals surface area contributed by atoms with Crippen LogP contribution in [0.5, 0.6) is 0 Å². The van der Waals surface area contributed by atoms with E-state index in [2.05, 4.69) is 25.4 Å². The molecule has 0 unspecified atom stereocenters. The Morgan fingerprint density at radius 3 is 3.04 bits per heavy atom. The van der Waals surface area contributed by atoms with Gasteiger partial charge in [0.1, 0.15) is 6.10 Å². The molecule has 26 heavy (non-hydrogen) atoms. The number of aromatic amines is 1. The van der Waals surface area contributed by atoms with Crippen LogP contribution < -0.4 is 10.9 Å². The van der Waals surface area contributed by atoms with Gasteiger partial charge >= 0.3 is 0 Å². The van der Waals surface area contributed by atoms with E-state index in [1.165, 1.54) is 0 Å². The number of rotatable bonds is 5. The number of ether oxygens (including phenoxy) is 1. The fourth-order valence-corrected chi connectivity index (χ4v) is 2.83. The zero-order valence-corrected chi connectivity index (χ0v) is 13.9. The zero-order chi connectivity index (χ0) is 17.9. The Hall–Kier alpha value is -3.07. The molecule has 1 fully saturated rings. The summed E-state index contributed by atoms with van der Waals surface area (Å²) in [5, 5.41) is 6.55. The Morgan fingerprint density at radius 1 is 1.31 bits per heavy atom. The van der Waals surface area contributed by atoms with Gasteiger partial charge in [-0.05, 0) is 25.0 Å². The molecule has 2 aromatic heterocycles. The van der Waals surface area contributed by atoms with E-state index in [0.717, 1.165) is 12.8 Å². The molecule has 1 aliphatic rings. The van der Waals surface area contributed by atoms with Crippen molar-refractivity contribution in [2.75, 3.05) is 13.2 Å². The molecule has 3 heterocycles. The van der Waals surface area contributed by atoms with Crippen LogP contribution in [0.3, 0.4) is 0 Å². The van der Waals surface area contributed by atoms with Crippen LogP contribution in [0.4, 0.5) is 0 Å². The van der Waals surface area contributed by atoms with Gasteiger partial charge in [-0.2, -0.15) is 4.98 Å². The summed E-state index contributed by atoms with van der Waals surface area (Å²) in [6.45, 7) is 0.961. The number of benzene rings is 1. The molecule has 1 atom stereocenters. The Labute approximate surface area is 147 Å². The first-order chi connectivity index (χ1) is 12.7. The number of nitrogens with one attached hydrogen (secondary N) is 2. The number of hydrogen-bond acceptors (Lipinski definition) is 7. The van der Waals surface area contributed by atoms with Crippen molar-refractivity contribution in [1.29, 1.82) is 0 Å². The number of carbonyl (C=O) groups excluding carboxylic acids is 1. The quantitative estimate of drug-likeness (QED) is 0.703. The highest BCUT2D eigenvalue weighted by atomic mass is 16.5. The van der Waals surface area contributed by atoms with E-state index in [0.29, 0.717) is 35.8 Å². The molecule has 3 aromatic rings. The van der Waals surface area contributed by atoms with Crippen LogP contribution in [0.2, 0.25) is 0 Å². The molecule has 9 nitrogen and oxygen atoms in total. The van der Waals surface area contributed by atoms with Crippen LogP contribution in [0.15, 0.2) is 33.6 Å². The van der Waals surface area contributed by atoms with Crippen molar-refractivity contribution in [3.8, 4) is 0 Å². The third-order valence-corrected chi connectivity index (χ3v) is 4.14. The Kier molecular flexibility index (Phi) is 4.44. The summed E-state index contributed by atoms with van der Waals surface area (Å²) < 4.78 is 10.7. The van der Waals surface area contributed by atoms with Gasteiger partial charge in [0.2, 0.25) is 0 Å². The lowest BCUT2D eigenvalue weighted by atomic mass is 10.2. The van der Waals surface area contributed by atoms with E-state index < -0.39 is 11.5 Å². The summed E-state index contributed by atoms with van der Waals surface area (Å²) in [4.78, 5) is 35.3. The summed E-state index contributed by atoms with van der Waals surface area (Å²) >= 11 is 0. The number of para-hydroxylation sites is 2. The maximum atomic E-state index is 12.2. The molecule has 1 amide bonds. The lowest BCUT2D eigenvalue weighted by Crippen LogP contribution is -2.32. The second-order valence-corrected chi connectivity index (χ2v) is 5.99. The van der Waals surface area contributed by atoms with Gasteiger partial charge in [-0.15, -0.1) is 0 Å². The molecule has 0 bridgehead atoms. The standard InChI is InChI=1S/C17H17N5O4/c23-15(14-16(24)20-11-5-2-1-4-10(11)19-14)18-8-7-13-21-17(26-22-13)12-6-3-9-25-12/h1-2,4-5,12H,3,6-9H2,(H,18,23)(H,20,24)/t12-/m1/s1. The Morgan fingerprint density at radius 2 is 2.19 bits per heavy atom. The first-order valence-corrected chi connectivity index (χ1v) is 8.42. The van der Waals surface area contributed by atoms with Crippen molar-refractivity contribution in [1.82, 2.24) is 25.4 Å². The summed E-state index contributed by atoms with van der Waals surface area (Å²) in [6, 6.07) is 7.04. The second-order valence-electron chi connectivity index (χ2n) is 5.99. The number of H-pyrrole nitrogens is 1. The van der Waals surface area contributed by atoms with Crippen molar-refractivity contribution in [2.45, 2.75) is 25.4 Å². The Bertz CT molecular complexity index is 990. The fraction of sp³-hybridized carbons (Fsp3) is 0.353. The van der Waals surface area contributed by atoms with Crippen molar-refractivity contribution in [3.05, 3.63) is 52.0 Å². The average Bonchev–Trinajstić information content (AvgIpc) is 3.32. The van der Waals surface area contributed by atoms with Crippen LogP contribution in [0.25, 0.3) is 11.0 Å². The second kappa shape index (κ2) is 7.04. The third-order valence-electron chi connectivity index (χ3n) is 4.14. The predicted octanol–water partition coefficient (Wildman–Crippen LogP) is 1.13. The van der Waals surface area contributed by atoms with Gasteiger partial charge in [-0.25, -0.2) is 4.98 Å². The van der Waals surface area contributed by atoms with E-state index in [1.807, 2.05) is 0 Å². The summed E-state index contributed by atoms with van der Waals surface area (Å²) in [5.74, 6) is 0.410.